The molecule has 0 radical (unpaired) electrons. The first-order valence-corrected chi connectivity index (χ1v) is 11.0. The van der Waals surface area contributed by atoms with Crippen molar-refractivity contribution in [1.29, 1.82) is 0 Å². The van der Waals surface area contributed by atoms with E-state index in [9.17, 15) is 0 Å². The predicted octanol–water partition coefficient (Wildman–Crippen LogP) is 3.55. The Labute approximate surface area is 172 Å². The zero-order valence-electron chi connectivity index (χ0n) is 18.6. The number of aliphatic imine (C=N–C) groups is 1. The van der Waals surface area contributed by atoms with Gasteiger partial charge in [0.05, 0.1) is 6.54 Å². The van der Waals surface area contributed by atoms with E-state index in [1.807, 2.05) is 0 Å². The van der Waals surface area contributed by atoms with Gasteiger partial charge in [-0.2, -0.15) is 0 Å². The number of guanidine groups is 1. The molecule has 1 aromatic carbocycles. The van der Waals surface area contributed by atoms with E-state index in [4.69, 9.17) is 4.99 Å². The second-order valence-corrected chi connectivity index (χ2v) is 8.62. The number of likely N-dealkylation sites (tertiary alicyclic amines) is 1. The Hall–Kier alpha value is -1.59. The van der Waals surface area contributed by atoms with Crippen LogP contribution in [0.2, 0.25) is 0 Å². The van der Waals surface area contributed by atoms with Crippen molar-refractivity contribution in [3.05, 3.63) is 35.9 Å². The summed E-state index contributed by atoms with van der Waals surface area (Å²) in [5.41, 5.74) is 1.23. The van der Waals surface area contributed by atoms with Crippen molar-refractivity contribution < 1.29 is 0 Å². The Bertz CT molecular complexity index is 576. The molecule has 0 spiro atoms. The standard InChI is InChI=1S/C23H41N5/c1-6-15-28-16-13-21(14-17-28)26-22(24-7-2)25-18-23(4,5)27-19(3)20-11-9-8-10-12-20/h8-12,19,21,27H,6-7,13-18H2,1-5H3,(H2,24,25,26). The third kappa shape index (κ3) is 7.80. The van der Waals surface area contributed by atoms with E-state index < -0.39 is 0 Å². The van der Waals surface area contributed by atoms with Gasteiger partial charge in [0.1, 0.15) is 0 Å². The normalized spacial score (nSPS) is 18.1. The summed E-state index contributed by atoms with van der Waals surface area (Å²) in [4.78, 5) is 7.47. The van der Waals surface area contributed by atoms with Crippen molar-refractivity contribution in [3.8, 4) is 0 Å². The molecule has 5 heteroatoms. The van der Waals surface area contributed by atoms with Crippen LogP contribution in [0.1, 0.15) is 65.5 Å². The molecular weight excluding hydrogens is 346 g/mol. The summed E-state index contributed by atoms with van der Waals surface area (Å²) in [5.74, 6) is 0.943. The predicted molar refractivity (Wildman–Crippen MR) is 121 cm³/mol. The summed E-state index contributed by atoms with van der Waals surface area (Å²) < 4.78 is 0. The molecule has 1 unspecified atom stereocenters. The van der Waals surface area contributed by atoms with Crippen LogP contribution in [-0.4, -0.2) is 55.2 Å². The molecule has 28 heavy (non-hydrogen) atoms. The fourth-order valence-electron chi connectivity index (χ4n) is 3.86. The molecule has 0 aliphatic carbocycles. The zero-order chi connectivity index (χ0) is 20.4. The Morgan fingerprint density at radius 1 is 1.18 bits per heavy atom. The van der Waals surface area contributed by atoms with E-state index in [0.29, 0.717) is 12.1 Å². The Balaban J connectivity index is 1.88. The van der Waals surface area contributed by atoms with E-state index in [2.05, 4.69) is 85.8 Å². The average molecular weight is 388 g/mol. The second kappa shape index (κ2) is 11.4. The maximum atomic E-state index is 4.90. The topological polar surface area (TPSA) is 51.7 Å². The largest absolute Gasteiger partial charge is 0.357 e. The van der Waals surface area contributed by atoms with Gasteiger partial charge in [0, 0.05) is 37.3 Å². The number of nitrogens with zero attached hydrogens (tertiary/aromatic N) is 2. The Morgan fingerprint density at radius 2 is 1.86 bits per heavy atom. The lowest BCUT2D eigenvalue weighted by Crippen LogP contribution is -2.50. The molecule has 5 nitrogen and oxygen atoms in total. The van der Waals surface area contributed by atoms with Crippen LogP contribution in [0.5, 0.6) is 0 Å². The molecule has 1 atom stereocenters. The Morgan fingerprint density at radius 3 is 2.46 bits per heavy atom. The highest BCUT2D eigenvalue weighted by atomic mass is 15.2. The Kier molecular flexibility index (Phi) is 9.26. The highest BCUT2D eigenvalue weighted by molar-refractivity contribution is 5.80. The molecule has 0 bridgehead atoms. The van der Waals surface area contributed by atoms with Crippen molar-refractivity contribution >= 4 is 5.96 Å². The minimum atomic E-state index is -0.0813. The first-order chi connectivity index (χ1) is 13.4. The van der Waals surface area contributed by atoms with E-state index in [-0.39, 0.29) is 5.54 Å². The highest BCUT2D eigenvalue weighted by Crippen LogP contribution is 2.16. The maximum absolute atomic E-state index is 4.90. The molecule has 2 rings (SSSR count). The molecule has 3 N–H and O–H groups in total. The fraction of sp³-hybridized carbons (Fsp3) is 0.696. The molecule has 158 valence electrons. The molecule has 0 aromatic heterocycles. The molecular formula is C23H41N5. The monoisotopic (exact) mass is 387 g/mol. The van der Waals surface area contributed by atoms with Gasteiger partial charge in [-0.1, -0.05) is 37.3 Å². The lowest BCUT2D eigenvalue weighted by Gasteiger charge is -2.33. The van der Waals surface area contributed by atoms with Gasteiger partial charge in [-0.15, -0.1) is 0 Å². The van der Waals surface area contributed by atoms with E-state index in [1.165, 1.54) is 44.5 Å². The van der Waals surface area contributed by atoms with Crippen molar-refractivity contribution in [3.63, 3.8) is 0 Å². The first-order valence-electron chi connectivity index (χ1n) is 11.0. The van der Waals surface area contributed by atoms with Crippen LogP contribution in [-0.2, 0) is 0 Å². The van der Waals surface area contributed by atoms with Crippen LogP contribution >= 0.6 is 0 Å². The van der Waals surface area contributed by atoms with Crippen LogP contribution in [0.15, 0.2) is 35.3 Å². The minimum absolute atomic E-state index is 0.0813. The zero-order valence-corrected chi connectivity index (χ0v) is 18.6. The molecule has 1 aliphatic rings. The summed E-state index contributed by atoms with van der Waals surface area (Å²) in [6.07, 6.45) is 3.62. The van der Waals surface area contributed by atoms with Crippen molar-refractivity contribution in [2.75, 3.05) is 32.7 Å². The van der Waals surface area contributed by atoms with Crippen LogP contribution in [0, 0.1) is 0 Å². The number of piperidine rings is 1. The van der Waals surface area contributed by atoms with Crippen molar-refractivity contribution in [1.82, 2.24) is 20.9 Å². The number of hydrogen-bond donors (Lipinski definition) is 3. The van der Waals surface area contributed by atoms with Crippen LogP contribution in [0.25, 0.3) is 0 Å². The smallest absolute Gasteiger partial charge is 0.191 e. The van der Waals surface area contributed by atoms with Crippen LogP contribution < -0.4 is 16.0 Å². The molecule has 1 aromatic rings. The van der Waals surface area contributed by atoms with Crippen LogP contribution in [0.4, 0.5) is 0 Å². The third-order valence-corrected chi connectivity index (χ3v) is 5.35. The minimum Gasteiger partial charge on any atom is -0.357 e. The van der Waals surface area contributed by atoms with Gasteiger partial charge in [-0.3, -0.25) is 4.99 Å². The molecule has 0 amide bonds. The van der Waals surface area contributed by atoms with E-state index in [1.54, 1.807) is 0 Å². The molecule has 0 saturated carbocycles. The summed E-state index contributed by atoms with van der Waals surface area (Å²) in [6, 6.07) is 11.4. The summed E-state index contributed by atoms with van der Waals surface area (Å²) in [6.45, 7) is 16.3. The second-order valence-electron chi connectivity index (χ2n) is 8.62. The van der Waals surface area contributed by atoms with Gasteiger partial charge < -0.3 is 20.9 Å². The maximum Gasteiger partial charge on any atom is 0.191 e. The molecule has 1 aliphatic heterocycles. The van der Waals surface area contributed by atoms with Gasteiger partial charge in [0.2, 0.25) is 0 Å². The summed E-state index contributed by atoms with van der Waals surface area (Å²) in [7, 11) is 0. The van der Waals surface area contributed by atoms with Gasteiger partial charge in [-0.05, 0) is 59.1 Å². The molecule has 1 heterocycles. The van der Waals surface area contributed by atoms with Crippen LogP contribution in [0.3, 0.4) is 0 Å². The van der Waals surface area contributed by atoms with Crippen molar-refractivity contribution in [2.24, 2.45) is 4.99 Å². The van der Waals surface area contributed by atoms with Gasteiger partial charge >= 0.3 is 0 Å². The summed E-state index contributed by atoms with van der Waals surface area (Å²) in [5, 5.41) is 10.8. The molecule has 1 fully saturated rings. The average Bonchev–Trinajstić information content (AvgIpc) is 2.68. The highest BCUT2D eigenvalue weighted by Gasteiger charge is 2.22. The molecule has 1 saturated heterocycles. The fourth-order valence-corrected chi connectivity index (χ4v) is 3.86. The van der Waals surface area contributed by atoms with Gasteiger partial charge in [0.15, 0.2) is 5.96 Å². The SMILES string of the molecule is CCCN1CCC(NC(=NCC(C)(C)NC(C)c2ccccc2)NCC)CC1. The first kappa shape index (κ1) is 22.7. The van der Waals surface area contributed by atoms with Gasteiger partial charge in [-0.25, -0.2) is 0 Å². The van der Waals surface area contributed by atoms with E-state index >= 15 is 0 Å². The lowest BCUT2D eigenvalue weighted by atomic mass is 10.0. The number of hydrogen-bond acceptors (Lipinski definition) is 3. The van der Waals surface area contributed by atoms with E-state index in [0.717, 1.165) is 19.0 Å². The number of benzene rings is 1. The summed E-state index contributed by atoms with van der Waals surface area (Å²) >= 11 is 0. The number of rotatable bonds is 9. The van der Waals surface area contributed by atoms with Crippen molar-refractivity contribution in [2.45, 2.75) is 71.5 Å². The van der Waals surface area contributed by atoms with Gasteiger partial charge in [0.25, 0.3) is 0 Å². The number of nitrogens with one attached hydrogen (secondary N) is 3. The quantitative estimate of drug-likeness (QED) is 0.448. The lowest BCUT2D eigenvalue weighted by molar-refractivity contribution is 0.206. The third-order valence-electron chi connectivity index (χ3n) is 5.35.